The second-order valence-electron chi connectivity index (χ2n) is 3.18. The SMILES string of the molecule is C#CCCNC(C)c1cccc(F)c1. The lowest BCUT2D eigenvalue weighted by atomic mass is 10.1. The summed E-state index contributed by atoms with van der Waals surface area (Å²) in [5.41, 5.74) is 0.946. The van der Waals surface area contributed by atoms with Gasteiger partial charge in [0.15, 0.2) is 0 Å². The molecule has 1 aromatic carbocycles. The van der Waals surface area contributed by atoms with Gasteiger partial charge >= 0.3 is 0 Å². The highest BCUT2D eigenvalue weighted by molar-refractivity contribution is 5.19. The van der Waals surface area contributed by atoms with E-state index in [-0.39, 0.29) is 11.9 Å². The van der Waals surface area contributed by atoms with E-state index in [2.05, 4.69) is 11.2 Å². The van der Waals surface area contributed by atoms with Crippen molar-refractivity contribution in [2.24, 2.45) is 0 Å². The summed E-state index contributed by atoms with van der Waals surface area (Å²) in [5.74, 6) is 2.35. The molecular weight excluding hydrogens is 177 g/mol. The summed E-state index contributed by atoms with van der Waals surface area (Å²) in [6, 6.07) is 6.73. The molecule has 74 valence electrons. The van der Waals surface area contributed by atoms with Crippen molar-refractivity contribution in [3.05, 3.63) is 35.6 Å². The molecule has 0 aliphatic heterocycles. The summed E-state index contributed by atoms with van der Waals surface area (Å²) in [6.45, 7) is 2.75. The first kappa shape index (κ1) is 10.7. The van der Waals surface area contributed by atoms with Crippen molar-refractivity contribution >= 4 is 0 Å². The number of halogens is 1. The summed E-state index contributed by atoms with van der Waals surface area (Å²) < 4.78 is 12.9. The molecule has 0 bridgehead atoms. The van der Waals surface area contributed by atoms with Gasteiger partial charge in [0.2, 0.25) is 0 Å². The first-order chi connectivity index (χ1) is 6.74. The Bertz CT molecular complexity index is 327. The van der Waals surface area contributed by atoms with Crippen LogP contribution in [0, 0.1) is 18.2 Å². The molecule has 0 radical (unpaired) electrons. The second kappa shape index (κ2) is 5.41. The van der Waals surface area contributed by atoms with Crippen molar-refractivity contribution < 1.29 is 4.39 Å². The van der Waals surface area contributed by atoms with Crippen molar-refractivity contribution in [2.45, 2.75) is 19.4 Å². The van der Waals surface area contributed by atoms with Crippen LogP contribution < -0.4 is 5.32 Å². The largest absolute Gasteiger partial charge is 0.309 e. The minimum absolute atomic E-state index is 0.138. The summed E-state index contributed by atoms with van der Waals surface area (Å²) in [4.78, 5) is 0. The third-order valence-corrected chi connectivity index (χ3v) is 2.07. The quantitative estimate of drug-likeness (QED) is 0.569. The van der Waals surface area contributed by atoms with E-state index in [1.807, 2.05) is 13.0 Å². The number of hydrogen-bond donors (Lipinski definition) is 1. The van der Waals surface area contributed by atoms with Crippen molar-refractivity contribution in [3.8, 4) is 12.3 Å². The Labute approximate surface area is 84.3 Å². The van der Waals surface area contributed by atoms with Crippen molar-refractivity contribution in [1.82, 2.24) is 5.32 Å². The maximum Gasteiger partial charge on any atom is 0.123 e. The molecule has 0 fully saturated rings. The zero-order valence-corrected chi connectivity index (χ0v) is 8.26. The summed E-state index contributed by atoms with van der Waals surface area (Å²) >= 11 is 0. The predicted molar refractivity (Wildman–Crippen MR) is 56.3 cm³/mol. The number of terminal acetylenes is 1. The van der Waals surface area contributed by atoms with Gasteiger partial charge in [-0.15, -0.1) is 12.3 Å². The minimum atomic E-state index is -0.201. The van der Waals surface area contributed by atoms with E-state index in [0.717, 1.165) is 12.1 Å². The number of hydrogen-bond acceptors (Lipinski definition) is 1. The molecular formula is C12H14FN. The number of benzene rings is 1. The minimum Gasteiger partial charge on any atom is -0.309 e. The molecule has 0 heterocycles. The van der Waals surface area contributed by atoms with Crippen LogP contribution in [0.25, 0.3) is 0 Å². The Morgan fingerprint density at radius 2 is 2.36 bits per heavy atom. The summed E-state index contributed by atoms with van der Waals surface area (Å²) in [5, 5.41) is 3.22. The molecule has 0 saturated carbocycles. The fourth-order valence-electron chi connectivity index (χ4n) is 1.25. The lowest BCUT2D eigenvalue weighted by Gasteiger charge is -2.12. The molecule has 2 heteroatoms. The van der Waals surface area contributed by atoms with Crippen LogP contribution in [0.4, 0.5) is 4.39 Å². The zero-order chi connectivity index (χ0) is 10.4. The lowest BCUT2D eigenvalue weighted by molar-refractivity contribution is 0.573. The Morgan fingerprint density at radius 3 is 3.00 bits per heavy atom. The van der Waals surface area contributed by atoms with Gasteiger partial charge < -0.3 is 5.32 Å². The maximum absolute atomic E-state index is 12.9. The molecule has 1 atom stereocenters. The van der Waals surface area contributed by atoms with Crippen molar-refractivity contribution in [3.63, 3.8) is 0 Å². The molecule has 1 aromatic rings. The predicted octanol–water partition coefficient (Wildman–Crippen LogP) is 2.50. The van der Waals surface area contributed by atoms with Gasteiger partial charge in [0.05, 0.1) is 0 Å². The molecule has 0 spiro atoms. The van der Waals surface area contributed by atoms with Gasteiger partial charge in [-0.1, -0.05) is 12.1 Å². The molecule has 1 unspecified atom stereocenters. The number of nitrogens with one attached hydrogen (secondary N) is 1. The van der Waals surface area contributed by atoms with Crippen LogP contribution in [0.5, 0.6) is 0 Å². The highest BCUT2D eigenvalue weighted by Crippen LogP contribution is 2.12. The van der Waals surface area contributed by atoms with Crippen LogP contribution in [0.1, 0.15) is 24.9 Å². The van der Waals surface area contributed by atoms with Gasteiger partial charge in [-0.05, 0) is 24.6 Å². The Kier molecular flexibility index (Phi) is 4.15. The smallest absolute Gasteiger partial charge is 0.123 e. The molecule has 0 aromatic heterocycles. The van der Waals surface area contributed by atoms with Crippen LogP contribution in [0.2, 0.25) is 0 Å². The second-order valence-corrected chi connectivity index (χ2v) is 3.18. The molecule has 0 saturated heterocycles. The third kappa shape index (κ3) is 3.20. The standard InChI is InChI=1S/C12H14FN/c1-3-4-8-14-10(2)11-6-5-7-12(13)9-11/h1,5-7,9-10,14H,4,8H2,2H3. The van der Waals surface area contributed by atoms with E-state index >= 15 is 0 Å². The molecule has 0 amide bonds. The fraction of sp³-hybridized carbons (Fsp3) is 0.333. The number of rotatable bonds is 4. The van der Waals surface area contributed by atoms with Crippen LogP contribution in [0.15, 0.2) is 24.3 Å². The van der Waals surface area contributed by atoms with Gasteiger partial charge in [0.25, 0.3) is 0 Å². The van der Waals surface area contributed by atoms with Gasteiger partial charge in [-0.25, -0.2) is 4.39 Å². The van der Waals surface area contributed by atoms with Crippen LogP contribution in [0.3, 0.4) is 0 Å². The van der Waals surface area contributed by atoms with E-state index in [4.69, 9.17) is 6.42 Å². The van der Waals surface area contributed by atoms with E-state index < -0.39 is 0 Å². The van der Waals surface area contributed by atoms with Crippen LogP contribution in [-0.2, 0) is 0 Å². The molecule has 1 nitrogen and oxygen atoms in total. The van der Waals surface area contributed by atoms with Crippen molar-refractivity contribution in [2.75, 3.05) is 6.54 Å². The molecule has 1 N–H and O–H groups in total. The van der Waals surface area contributed by atoms with Crippen LogP contribution in [-0.4, -0.2) is 6.54 Å². The monoisotopic (exact) mass is 191 g/mol. The Balaban J connectivity index is 2.52. The fourth-order valence-corrected chi connectivity index (χ4v) is 1.25. The molecule has 1 rings (SSSR count). The van der Waals surface area contributed by atoms with E-state index in [0.29, 0.717) is 6.42 Å². The van der Waals surface area contributed by atoms with E-state index in [1.54, 1.807) is 6.07 Å². The average molecular weight is 191 g/mol. The summed E-state index contributed by atoms with van der Waals surface area (Å²) in [6.07, 6.45) is 5.82. The van der Waals surface area contributed by atoms with Crippen LogP contribution >= 0.6 is 0 Å². The van der Waals surface area contributed by atoms with Gasteiger partial charge in [-0.2, -0.15) is 0 Å². The molecule has 0 aliphatic rings. The highest BCUT2D eigenvalue weighted by Gasteiger charge is 2.03. The Morgan fingerprint density at radius 1 is 1.57 bits per heavy atom. The first-order valence-electron chi connectivity index (χ1n) is 4.66. The molecule has 14 heavy (non-hydrogen) atoms. The lowest BCUT2D eigenvalue weighted by Crippen LogP contribution is -2.19. The zero-order valence-electron chi connectivity index (χ0n) is 8.26. The third-order valence-electron chi connectivity index (χ3n) is 2.07. The topological polar surface area (TPSA) is 12.0 Å². The Hall–Kier alpha value is -1.33. The van der Waals surface area contributed by atoms with Gasteiger partial charge in [0, 0.05) is 19.0 Å². The van der Waals surface area contributed by atoms with Gasteiger partial charge in [-0.3, -0.25) is 0 Å². The maximum atomic E-state index is 12.9. The summed E-state index contributed by atoms with van der Waals surface area (Å²) in [7, 11) is 0. The van der Waals surface area contributed by atoms with Gasteiger partial charge in [0.1, 0.15) is 5.82 Å². The normalized spacial score (nSPS) is 12.1. The van der Waals surface area contributed by atoms with Crippen molar-refractivity contribution in [1.29, 1.82) is 0 Å². The molecule has 0 aliphatic carbocycles. The first-order valence-corrected chi connectivity index (χ1v) is 4.66. The highest BCUT2D eigenvalue weighted by atomic mass is 19.1. The van der Waals surface area contributed by atoms with E-state index in [1.165, 1.54) is 12.1 Å². The van der Waals surface area contributed by atoms with E-state index in [9.17, 15) is 4.39 Å². The average Bonchev–Trinajstić information content (AvgIpc) is 2.18.